The molecule has 2 aromatic rings. The Morgan fingerprint density at radius 3 is 2.67 bits per heavy atom. The number of aromatic carboxylic acids is 1. The molecule has 0 radical (unpaired) electrons. The molecule has 1 heterocycles. The van der Waals surface area contributed by atoms with Crippen molar-refractivity contribution in [2.45, 2.75) is 6.54 Å². The summed E-state index contributed by atoms with van der Waals surface area (Å²) < 4.78 is 14.8. The van der Waals surface area contributed by atoms with Gasteiger partial charge in [-0.25, -0.2) is 13.9 Å². The van der Waals surface area contributed by atoms with Crippen LogP contribution in [0.5, 0.6) is 0 Å². The Labute approximate surface area is 120 Å². The molecule has 0 atom stereocenters. The molecule has 110 valence electrons. The van der Waals surface area contributed by atoms with E-state index in [1.807, 2.05) is 0 Å². The van der Waals surface area contributed by atoms with E-state index in [0.717, 1.165) is 10.7 Å². The van der Waals surface area contributed by atoms with Gasteiger partial charge in [0.2, 0.25) is 0 Å². The van der Waals surface area contributed by atoms with Crippen molar-refractivity contribution in [1.29, 1.82) is 0 Å². The van der Waals surface area contributed by atoms with Gasteiger partial charge in [-0.15, -0.1) is 0 Å². The number of hydrogen-bond donors (Lipinski definition) is 1. The Hall–Kier alpha value is -2.70. The standard InChI is InChI=1S/C14H14FN3O3/c1-17(2)11-6-13(19)18(16-7-11)8-10-5-9(14(20)21)3-4-12(10)15/h3-7H,8H2,1-2H3,(H,20,21). The minimum atomic E-state index is -1.15. The van der Waals surface area contributed by atoms with Gasteiger partial charge in [-0.3, -0.25) is 4.79 Å². The van der Waals surface area contributed by atoms with Crippen LogP contribution in [0.3, 0.4) is 0 Å². The van der Waals surface area contributed by atoms with Gasteiger partial charge in [-0.2, -0.15) is 5.10 Å². The van der Waals surface area contributed by atoms with E-state index in [1.165, 1.54) is 24.4 Å². The summed E-state index contributed by atoms with van der Waals surface area (Å²) >= 11 is 0. The van der Waals surface area contributed by atoms with Crippen molar-refractivity contribution in [3.63, 3.8) is 0 Å². The summed E-state index contributed by atoms with van der Waals surface area (Å²) in [5, 5.41) is 12.9. The number of aromatic nitrogens is 2. The topological polar surface area (TPSA) is 75.4 Å². The molecule has 0 aliphatic heterocycles. The van der Waals surface area contributed by atoms with E-state index < -0.39 is 11.8 Å². The highest BCUT2D eigenvalue weighted by Crippen LogP contribution is 2.12. The Balaban J connectivity index is 2.36. The molecular formula is C14H14FN3O3. The minimum Gasteiger partial charge on any atom is -0.478 e. The molecule has 0 amide bonds. The zero-order valence-corrected chi connectivity index (χ0v) is 11.6. The third-order valence-corrected chi connectivity index (χ3v) is 2.98. The summed E-state index contributed by atoms with van der Waals surface area (Å²) in [5.41, 5.74) is 0.309. The molecule has 0 bridgehead atoms. The number of benzene rings is 1. The maximum absolute atomic E-state index is 13.7. The highest BCUT2D eigenvalue weighted by molar-refractivity contribution is 5.87. The van der Waals surface area contributed by atoms with Crippen molar-refractivity contribution >= 4 is 11.7 Å². The Morgan fingerprint density at radius 1 is 1.38 bits per heavy atom. The van der Waals surface area contributed by atoms with Crippen molar-refractivity contribution in [3.8, 4) is 0 Å². The molecule has 0 saturated carbocycles. The molecule has 2 rings (SSSR count). The van der Waals surface area contributed by atoms with Gasteiger partial charge in [0, 0.05) is 25.7 Å². The van der Waals surface area contributed by atoms with Crippen LogP contribution in [0.4, 0.5) is 10.1 Å². The number of nitrogens with zero attached hydrogens (tertiary/aromatic N) is 3. The number of carbonyl (C=O) groups is 1. The lowest BCUT2D eigenvalue weighted by molar-refractivity contribution is 0.0696. The SMILES string of the molecule is CN(C)c1cnn(Cc2cc(C(=O)O)ccc2F)c(=O)c1. The molecule has 1 aromatic carbocycles. The predicted molar refractivity (Wildman–Crippen MR) is 75.3 cm³/mol. The highest BCUT2D eigenvalue weighted by Gasteiger charge is 2.10. The Bertz CT molecular complexity index is 740. The zero-order valence-electron chi connectivity index (χ0n) is 11.6. The van der Waals surface area contributed by atoms with Gasteiger partial charge in [0.25, 0.3) is 5.56 Å². The molecule has 6 nitrogen and oxygen atoms in total. The Kier molecular flexibility index (Phi) is 4.02. The summed E-state index contributed by atoms with van der Waals surface area (Å²) in [7, 11) is 3.55. The maximum atomic E-state index is 13.7. The first-order chi connectivity index (χ1) is 9.88. The fourth-order valence-electron chi connectivity index (χ4n) is 1.78. The van der Waals surface area contributed by atoms with E-state index in [0.29, 0.717) is 5.69 Å². The second-order valence-corrected chi connectivity index (χ2v) is 4.72. The van der Waals surface area contributed by atoms with Crippen LogP contribution in [0.2, 0.25) is 0 Å². The zero-order chi connectivity index (χ0) is 15.6. The first-order valence-corrected chi connectivity index (χ1v) is 6.14. The normalized spacial score (nSPS) is 10.4. The van der Waals surface area contributed by atoms with Gasteiger partial charge in [-0.1, -0.05) is 0 Å². The second-order valence-electron chi connectivity index (χ2n) is 4.72. The van der Waals surface area contributed by atoms with Gasteiger partial charge >= 0.3 is 5.97 Å². The van der Waals surface area contributed by atoms with Crippen LogP contribution in [0.25, 0.3) is 0 Å². The van der Waals surface area contributed by atoms with E-state index in [1.54, 1.807) is 19.0 Å². The number of carboxylic acid groups (broad SMARTS) is 1. The quantitative estimate of drug-likeness (QED) is 0.916. The van der Waals surface area contributed by atoms with Gasteiger partial charge in [0.15, 0.2) is 0 Å². The first kappa shape index (κ1) is 14.7. The molecule has 0 spiro atoms. The summed E-state index contributed by atoms with van der Waals surface area (Å²) in [6.07, 6.45) is 1.49. The molecule has 7 heteroatoms. The minimum absolute atomic E-state index is 0.0376. The largest absolute Gasteiger partial charge is 0.478 e. The van der Waals surface area contributed by atoms with Gasteiger partial charge < -0.3 is 10.0 Å². The van der Waals surface area contributed by atoms with Crippen LogP contribution >= 0.6 is 0 Å². The smallest absolute Gasteiger partial charge is 0.335 e. The van der Waals surface area contributed by atoms with Crippen molar-refractivity contribution in [2.75, 3.05) is 19.0 Å². The van der Waals surface area contributed by atoms with Crippen LogP contribution < -0.4 is 10.5 Å². The fraction of sp³-hybridized carbons (Fsp3) is 0.214. The summed E-state index contributed by atoms with van der Waals surface area (Å²) in [4.78, 5) is 24.5. The van der Waals surface area contributed by atoms with Crippen molar-refractivity contribution < 1.29 is 14.3 Å². The third kappa shape index (κ3) is 3.25. The Morgan fingerprint density at radius 2 is 2.10 bits per heavy atom. The van der Waals surface area contributed by atoms with E-state index >= 15 is 0 Å². The number of hydrogen-bond acceptors (Lipinski definition) is 4. The van der Waals surface area contributed by atoms with Crippen LogP contribution in [0.15, 0.2) is 35.3 Å². The van der Waals surface area contributed by atoms with Crippen LogP contribution in [-0.4, -0.2) is 35.0 Å². The molecule has 21 heavy (non-hydrogen) atoms. The molecule has 0 fully saturated rings. The number of rotatable bonds is 4. The summed E-state index contributed by atoms with van der Waals surface area (Å²) in [5.74, 6) is -1.73. The average molecular weight is 291 g/mol. The van der Waals surface area contributed by atoms with Crippen LogP contribution in [-0.2, 0) is 6.54 Å². The second kappa shape index (κ2) is 5.74. The molecule has 1 aromatic heterocycles. The van der Waals surface area contributed by atoms with Crippen molar-refractivity contribution in [1.82, 2.24) is 9.78 Å². The molecule has 0 aliphatic rings. The van der Waals surface area contributed by atoms with E-state index in [2.05, 4.69) is 5.10 Å². The molecule has 0 aliphatic carbocycles. The molecular weight excluding hydrogens is 277 g/mol. The summed E-state index contributed by atoms with van der Waals surface area (Å²) in [6.45, 7) is -0.126. The number of halogens is 1. The molecule has 0 unspecified atom stereocenters. The van der Waals surface area contributed by atoms with Gasteiger partial charge in [-0.05, 0) is 18.2 Å². The average Bonchev–Trinajstić information content (AvgIpc) is 2.42. The highest BCUT2D eigenvalue weighted by atomic mass is 19.1. The lowest BCUT2D eigenvalue weighted by Gasteiger charge is -2.12. The van der Waals surface area contributed by atoms with Crippen molar-refractivity contribution in [2.24, 2.45) is 0 Å². The fourth-order valence-corrected chi connectivity index (χ4v) is 1.78. The summed E-state index contributed by atoms with van der Waals surface area (Å²) in [6, 6.07) is 4.82. The molecule has 1 N–H and O–H groups in total. The molecule has 0 saturated heterocycles. The predicted octanol–water partition coefficient (Wildman–Crippen LogP) is 1.19. The third-order valence-electron chi connectivity index (χ3n) is 2.98. The lowest BCUT2D eigenvalue weighted by atomic mass is 10.1. The van der Waals surface area contributed by atoms with E-state index in [4.69, 9.17) is 5.11 Å². The van der Waals surface area contributed by atoms with Gasteiger partial charge in [0.1, 0.15) is 5.82 Å². The monoisotopic (exact) mass is 291 g/mol. The van der Waals surface area contributed by atoms with E-state index in [-0.39, 0.29) is 23.2 Å². The van der Waals surface area contributed by atoms with Crippen LogP contribution in [0.1, 0.15) is 15.9 Å². The van der Waals surface area contributed by atoms with E-state index in [9.17, 15) is 14.0 Å². The number of anilines is 1. The lowest BCUT2D eigenvalue weighted by Crippen LogP contribution is -2.25. The van der Waals surface area contributed by atoms with Crippen molar-refractivity contribution in [3.05, 3.63) is 57.8 Å². The first-order valence-electron chi connectivity index (χ1n) is 6.14. The van der Waals surface area contributed by atoms with Crippen LogP contribution in [0, 0.1) is 5.82 Å². The van der Waals surface area contributed by atoms with Gasteiger partial charge in [0.05, 0.1) is 24.0 Å². The number of carboxylic acids is 1. The maximum Gasteiger partial charge on any atom is 0.335 e.